The van der Waals surface area contributed by atoms with Crippen LogP contribution in [-0.4, -0.2) is 41.7 Å². The van der Waals surface area contributed by atoms with Gasteiger partial charge in [-0.1, -0.05) is 12.1 Å². The van der Waals surface area contributed by atoms with Gasteiger partial charge in [0, 0.05) is 42.4 Å². The summed E-state index contributed by atoms with van der Waals surface area (Å²) in [4.78, 5) is 35.6. The van der Waals surface area contributed by atoms with Crippen molar-refractivity contribution in [2.75, 3.05) is 35.2 Å². The van der Waals surface area contributed by atoms with Crippen LogP contribution in [0.5, 0.6) is 0 Å². The van der Waals surface area contributed by atoms with Crippen LogP contribution in [0.4, 0.5) is 22.0 Å². The van der Waals surface area contributed by atoms with Gasteiger partial charge >= 0.3 is 12.0 Å². The summed E-state index contributed by atoms with van der Waals surface area (Å²) in [5.41, 5.74) is 3.33. The highest BCUT2D eigenvalue weighted by Gasteiger charge is 2.19. The first kappa shape index (κ1) is 21.3. The molecule has 0 atom stereocenters. The minimum absolute atomic E-state index is 0.314. The minimum atomic E-state index is -0.391. The lowest BCUT2D eigenvalue weighted by Crippen LogP contribution is -2.20. The third-order valence-corrected chi connectivity index (χ3v) is 5.13. The number of carbonyl (C=O) groups excluding carboxylic acids is 2. The highest BCUT2D eigenvalue weighted by molar-refractivity contribution is 6.00. The SMILES string of the molecule is CCOC(=O)c1ccc(NC(=O)Nc2cccc(-c3nccnc3N3CCCC3)c2)cc1. The summed E-state index contributed by atoms with van der Waals surface area (Å²) in [6, 6.07) is 13.7. The van der Waals surface area contributed by atoms with Gasteiger partial charge in [0.1, 0.15) is 5.69 Å². The predicted octanol–water partition coefficient (Wildman–Crippen LogP) is 4.56. The van der Waals surface area contributed by atoms with Crippen LogP contribution >= 0.6 is 0 Å². The first-order chi connectivity index (χ1) is 15.6. The largest absolute Gasteiger partial charge is 0.462 e. The number of hydrogen-bond acceptors (Lipinski definition) is 6. The molecule has 2 amide bonds. The molecule has 3 aromatic rings. The van der Waals surface area contributed by atoms with Gasteiger partial charge in [0.05, 0.1) is 12.2 Å². The van der Waals surface area contributed by atoms with Crippen molar-refractivity contribution in [3.05, 3.63) is 66.5 Å². The van der Waals surface area contributed by atoms with E-state index in [4.69, 9.17) is 4.74 Å². The van der Waals surface area contributed by atoms with Crippen molar-refractivity contribution in [3.8, 4) is 11.3 Å². The number of aromatic nitrogens is 2. The van der Waals surface area contributed by atoms with Crippen molar-refractivity contribution in [2.45, 2.75) is 19.8 Å². The average Bonchev–Trinajstić information content (AvgIpc) is 3.35. The maximum atomic E-state index is 12.5. The Hall–Kier alpha value is -3.94. The molecule has 1 saturated heterocycles. The van der Waals surface area contributed by atoms with E-state index in [0.717, 1.165) is 43.0 Å². The average molecular weight is 431 g/mol. The molecule has 0 radical (unpaired) electrons. The van der Waals surface area contributed by atoms with Crippen LogP contribution in [0.1, 0.15) is 30.1 Å². The molecule has 1 aromatic heterocycles. The second kappa shape index (κ2) is 9.91. The standard InChI is InChI=1S/C24H25N5O3/c1-2-32-23(30)17-8-10-19(11-9-17)27-24(31)28-20-7-5-6-18(16-20)21-22(26-13-12-25-21)29-14-3-4-15-29/h5-13,16H,2-4,14-15H2,1H3,(H2,27,28,31). The fourth-order valence-corrected chi connectivity index (χ4v) is 3.64. The molecule has 2 heterocycles. The van der Waals surface area contributed by atoms with E-state index >= 15 is 0 Å². The lowest BCUT2D eigenvalue weighted by atomic mass is 10.1. The van der Waals surface area contributed by atoms with Crippen LogP contribution in [-0.2, 0) is 4.74 Å². The van der Waals surface area contributed by atoms with E-state index in [9.17, 15) is 9.59 Å². The highest BCUT2D eigenvalue weighted by atomic mass is 16.5. The maximum Gasteiger partial charge on any atom is 0.338 e. The van der Waals surface area contributed by atoms with Crippen molar-refractivity contribution < 1.29 is 14.3 Å². The first-order valence-electron chi connectivity index (χ1n) is 10.7. The van der Waals surface area contributed by atoms with E-state index in [1.165, 1.54) is 0 Å². The fourth-order valence-electron chi connectivity index (χ4n) is 3.64. The molecule has 2 aromatic carbocycles. The van der Waals surface area contributed by atoms with Gasteiger partial charge in [-0.15, -0.1) is 0 Å². The summed E-state index contributed by atoms with van der Waals surface area (Å²) in [6.45, 7) is 4.02. The van der Waals surface area contributed by atoms with Gasteiger partial charge < -0.3 is 20.3 Å². The zero-order chi connectivity index (χ0) is 22.3. The molecule has 8 nitrogen and oxygen atoms in total. The number of urea groups is 1. The van der Waals surface area contributed by atoms with Crippen LogP contribution in [0.15, 0.2) is 60.9 Å². The second-order valence-corrected chi connectivity index (χ2v) is 7.38. The lowest BCUT2D eigenvalue weighted by molar-refractivity contribution is 0.0526. The summed E-state index contributed by atoms with van der Waals surface area (Å²) in [6.07, 6.45) is 5.69. The van der Waals surface area contributed by atoms with Gasteiger partial charge in [-0.2, -0.15) is 0 Å². The van der Waals surface area contributed by atoms with Crippen LogP contribution in [0.25, 0.3) is 11.3 Å². The molecule has 1 fully saturated rings. The number of ether oxygens (including phenoxy) is 1. The molecule has 0 saturated carbocycles. The van der Waals surface area contributed by atoms with Crippen LogP contribution < -0.4 is 15.5 Å². The molecule has 0 bridgehead atoms. The monoisotopic (exact) mass is 431 g/mol. The molecule has 8 heteroatoms. The molecule has 0 unspecified atom stereocenters. The van der Waals surface area contributed by atoms with Crippen LogP contribution in [0.3, 0.4) is 0 Å². The van der Waals surface area contributed by atoms with Crippen LogP contribution in [0, 0.1) is 0 Å². The molecule has 32 heavy (non-hydrogen) atoms. The van der Waals surface area contributed by atoms with Crippen molar-refractivity contribution >= 4 is 29.2 Å². The Kier molecular flexibility index (Phi) is 6.60. The molecule has 2 N–H and O–H groups in total. The van der Waals surface area contributed by atoms with E-state index < -0.39 is 5.97 Å². The van der Waals surface area contributed by atoms with Gasteiger partial charge in [-0.25, -0.2) is 14.6 Å². The Labute approximate surface area is 186 Å². The Morgan fingerprint density at radius 2 is 1.69 bits per heavy atom. The quantitative estimate of drug-likeness (QED) is 0.555. The molecular weight excluding hydrogens is 406 g/mol. The summed E-state index contributed by atoms with van der Waals surface area (Å²) >= 11 is 0. The number of anilines is 3. The second-order valence-electron chi connectivity index (χ2n) is 7.38. The van der Waals surface area contributed by atoms with E-state index in [2.05, 4.69) is 25.5 Å². The third kappa shape index (κ3) is 5.03. The van der Waals surface area contributed by atoms with E-state index in [0.29, 0.717) is 23.5 Å². The molecule has 164 valence electrons. The highest BCUT2D eigenvalue weighted by Crippen LogP contribution is 2.30. The van der Waals surface area contributed by atoms with E-state index in [1.54, 1.807) is 43.6 Å². The summed E-state index contributed by atoms with van der Waals surface area (Å²) in [5.74, 6) is 0.478. The summed E-state index contributed by atoms with van der Waals surface area (Å²) in [5, 5.41) is 5.61. The van der Waals surface area contributed by atoms with Crippen molar-refractivity contribution in [2.24, 2.45) is 0 Å². The Balaban J connectivity index is 1.44. The van der Waals surface area contributed by atoms with Gasteiger partial charge in [-0.3, -0.25) is 4.98 Å². The zero-order valence-corrected chi connectivity index (χ0v) is 17.9. The molecular formula is C24H25N5O3. The number of carbonyl (C=O) groups is 2. The van der Waals surface area contributed by atoms with Crippen molar-refractivity contribution in [3.63, 3.8) is 0 Å². The van der Waals surface area contributed by atoms with Gasteiger partial charge in [0.15, 0.2) is 5.82 Å². The summed E-state index contributed by atoms with van der Waals surface area (Å²) in [7, 11) is 0. The fraction of sp³-hybridized carbons (Fsp3) is 0.250. The van der Waals surface area contributed by atoms with E-state index in [1.807, 2.05) is 24.3 Å². The smallest absolute Gasteiger partial charge is 0.338 e. The topological polar surface area (TPSA) is 96.4 Å². The number of hydrogen-bond donors (Lipinski definition) is 2. The third-order valence-electron chi connectivity index (χ3n) is 5.13. The number of nitrogens with zero attached hydrogens (tertiary/aromatic N) is 3. The van der Waals surface area contributed by atoms with Gasteiger partial charge in [-0.05, 0) is 56.2 Å². The molecule has 1 aliphatic rings. The molecule has 0 spiro atoms. The molecule has 0 aliphatic carbocycles. The minimum Gasteiger partial charge on any atom is -0.462 e. The number of nitrogens with one attached hydrogen (secondary N) is 2. The van der Waals surface area contributed by atoms with Crippen molar-refractivity contribution in [1.82, 2.24) is 9.97 Å². The number of amides is 2. The predicted molar refractivity (Wildman–Crippen MR) is 124 cm³/mol. The molecule has 4 rings (SSSR count). The first-order valence-corrected chi connectivity index (χ1v) is 10.7. The lowest BCUT2D eigenvalue weighted by Gasteiger charge is -2.19. The van der Waals surface area contributed by atoms with Gasteiger partial charge in [0.2, 0.25) is 0 Å². The molecule has 1 aliphatic heterocycles. The number of benzene rings is 2. The Bertz CT molecular complexity index is 1090. The van der Waals surface area contributed by atoms with Crippen molar-refractivity contribution in [1.29, 1.82) is 0 Å². The summed E-state index contributed by atoms with van der Waals surface area (Å²) < 4.78 is 4.97. The normalized spacial score (nSPS) is 13.0. The maximum absolute atomic E-state index is 12.5. The van der Waals surface area contributed by atoms with E-state index in [-0.39, 0.29) is 6.03 Å². The van der Waals surface area contributed by atoms with Crippen LogP contribution in [0.2, 0.25) is 0 Å². The Morgan fingerprint density at radius 1 is 0.969 bits per heavy atom. The van der Waals surface area contributed by atoms with Gasteiger partial charge in [0.25, 0.3) is 0 Å². The zero-order valence-electron chi connectivity index (χ0n) is 17.9. The Morgan fingerprint density at radius 3 is 2.44 bits per heavy atom. The number of esters is 1. The number of rotatable bonds is 6.